The predicted octanol–water partition coefficient (Wildman–Crippen LogP) is 4.67. The van der Waals surface area contributed by atoms with Gasteiger partial charge >= 0.3 is 0 Å². The second kappa shape index (κ2) is 7.40. The molecule has 2 atom stereocenters. The van der Waals surface area contributed by atoms with Gasteiger partial charge < -0.3 is 4.52 Å². The Bertz CT molecular complexity index is 677. The Kier molecular flexibility index (Phi) is 5.55. The number of rotatable bonds is 6. The van der Waals surface area contributed by atoms with Crippen LogP contribution in [0.1, 0.15) is 31.5 Å². The molecule has 0 radical (unpaired) electrons. The molecule has 0 amide bonds. The summed E-state index contributed by atoms with van der Waals surface area (Å²) in [6, 6.07) is 20.9. The molecule has 114 valence electrons. The molecule has 2 rings (SSSR count). The maximum atomic E-state index is 13.7. The van der Waals surface area contributed by atoms with Crippen molar-refractivity contribution >= 4 is 12.7 Å². The molecule has 4 heteroatoms. The molecule has 0 spiro atoms. The molecule has 0 bridgehead atoms. The maximum absolute atomic E-state index is 13.7. The van der Waals surface area contributed by atoms with Gasteiger partial charge in [0.15, 0.2) is 0 Å². The lowest BCUT2D eigenvalue weighted by Crippen LogP contribution is -2.17. The lowest BCUT2D eigenvalue weighted by molar-refractivity contribution is 0.244. The number of nitriles is 1. The third-order valence-electron chi connectivity index (χ3n) is 3.36. The zero-order chi connectivity index (χ0) is 16.0. The van der Waals surface area contributed by atoms with Gasteiger partial charge in [0.1, 0.15) is 0 Å². The highest BCUT2D eigenvalue weighted by atomic mass is 31.2. The van der Waals surface area contributed by atoms with Gasteiger partial charge in [0.2, 0.25) is 7.37 Å². The summed E-state index contributed by atoms with van der Waals surface area (Å²) in [5, 5.41) is 9.88. The van der Waals surface area contributed by atoms with Gasteiger partial charge in [-0.2, -0.15) is 5.26 Å². The number of benzene rings is 2. The summed E-state index contributed by atoms with van der Waals surface area (Å²) in [7, 11) is -3.20. The third-order valence-corrected chi connectivity index (χ3v) is 6.42. The first kappa shape index (κ1) is 16.5. The summed E-state index contributed by atoms with van der Waals surface area (Å²) < 4.78 is 19.6. The molecule has 0 fully saturated rings. The Morgan fingerprint density at radius 2 is 1.59 bits per heavy atom. The van der Waals surface area contributed by atoms with E-state index in [1.807, 2.05) is 74.5 Å². The number of hydrogen-bond donors (Lipinski definition) is 0. The molecule has 2 unspecified atom stereocenters. The molecule has 2 aromatic rings. The Labute approximate surface area is 132 Å². The predicted molar refractivity (Wildman–Crippen MR) is 89.3 cm³/mol. The highest BCUT2D eigenvalue weighted by Crippen LogP contribution is 2.61. The summed E-state index contributed by atoms with van der Waals surface area (Å²) in [6.45, 7) is 3.73. The first-order chi connectivity index (χ1) is 10.6. The van der Waals surface area contributed by atoms with Crippen LogP contribution < -0.4 is 5.30 Å². The topological polar surface area (TPSA) is 50.1 Å². The first-order valence-corrected chi connectivity index (χ1v) is 9.03. The van der Waals surface area contributed by atoms with Crippen LogP contribution in [0.25, 0.3) is 0 Å². The number of hydrogen-bond acceptors (Lipinski definition) is 3. The van der Waals surface area contributed by atoms with Crippen molar-refractivity contribution in [2.24, 2.45) is 0 Å². The smallest absolute Gasteiger partial charge is 0.240 e. The van der Waals surface area contributed by atoms with Crippen LogP contribution in [0, 0.1) is 11.3 Å². The standard InChI is InChI=1S/C18H20NO2P/c1-15(2)21-22(20,17-11-7-4-8-12-17)18(13-14-19)16-9-5-3-6-10-16/h3-12,15,18H,13H2,1-2H3. The van der Waals surface area contributed by atoms with E-state index < -0.39 is 13.0 Å². The lowest BCUT2D eigenvalue weighted by Gasteiger charge is -2.28. The van der Waals surface area contributed by atoms with Crippen molar-refractivity contribution in [3.8, 4) is 6.07 Å². The van der Waals surface area contributed by atoms with Gasteiger partial charge in [0.05, 0.1) is 24.3 Å². The van der Waals surface area contributed by atoms with Gasteiger partial charge in [-0.15, -0.1) is 0 Å². The molecule has 0 N–H and O–H groups in total. The van der Waals surface area contributed by atoms with Crippen molar-refractivity contribution in [2.45, 2.75) is 32.0 Å². The zero-order valence-electron chi connectivity index (χ0n) is 12.8. The molecular formula is C18H20NO2P. The third kappa shape index (κ3) is 3.65. The monoisotopic (exact) mass is 313 g/mol. The largest absolute Gasteiger partial charge is 0.322 e. The van der Waals surface area contributed by atoms with E-state index in [-0.39, 0.29) is 12.5 Å². The van der Waals surface area contributed by atoms with Crippen LogP contribution in [-0.2, 0) is 9.09 Å². The second-order valence-corrected chi connectivity index (χ2v) is 7.92. The fourth-order valence-corrected chi connectivity index (χ4v) is 5.19. The maximum Gasteiger partial charge on any atom is 0.240 e. The Morgan fingerprint density at radius 1 is 1.05 bits per heavy atom. The molecule has 0 aromatic heterocycles. The van der Waals surface area contributed by atoms with Crippen LogP contribution in [0.15, 0.2) is 60.7 Å². The minimum Gasteiger partial charge on any atom is -0.322 e. The normalized spacial score (nSPS) is 15.0. The van der Waals surface area contributed by atoms with Crippen LogP contribution in [0.3, 0.4) is 0 Å². The Hall–Kier alpha value is -1.88. The Balaban J connectivity index is 2.55. The number of nitrogens with zero attached hydrogens (tertiary/aromatic N) is 1. The molecule has 0 aliphatic carbocycles. The molecule has 0 heterocycles. The summed E-state index contributed by atoms with van der Waals surface area (Å²) >= 11 is 0. The van der Waals surface area contributed by atoms with E-state index in [4.69, 9.17) is 4.52 Å². The highest BCUT2D eigenvalue weighted by molar-refractivity contribution is 7.67. The average Bonchev–Trinajstić information content (AvgIpc) is 2.53. The van der Waals surface area contributed by atoms with Crippen LogP contribution in [-0.4, -0.2) is 6.10 Å². The highest BCUT2D eigenvalue weighted by Gasteiger charge is 2.38. The molecule has 22 heavy (non-hydrogen) atoms. The summed E-state index contributed by atoms with van der Waals surface area (Å²) in [4.78, 5) is 0. The molecule has 0 aliphatic heterocycles. The van der Waals surface area contributed by atoms with Crippen molar-refractivity contribution in [3.63, 3.8) is 0 Å². The van der Waals surface area contributed by atoms with Crippen LogP contribution in [0.4, 0.5) is 0 Å². The molecule has 2 aromatic carbocycles. The van der Waals surface area contributed by atoms with Crippen molar-refractivity contribution in [3.05, 3.63) is 66.2 Å². The first-order valence-electron chi connectivity index (χ1n) is 7.33. The van der Waals surface area contributed by atoms with E-state index in [9.17, 15) is 9.83 Å². The molecular weight excluding hydrogens is 293 g/mol. The van der Waals surface area contributed by atoms with E-state index in [0.29, 0.717) is 5.30 Å². The fraction of sp³-hybridized carbons (Fsp3) is 0.278. The van der Waals surface area contributed by atoms with Crippen molar-refractivity contribution in [1.82, 2.24) is 0 Å². The van der Waals surface area contributed by atoms with Crippen LogP contribution >= 0.6 is 7.37 Å². The fourth-order valence-electron chi connectivity index (χ4n) is 2.46. The van der Waals surface area contributed by atoms with Crippen molar-refractivity contribution in [2.75, 3.05) is 0 Å². The summed E-state index contributed by atoms with van der Waals surface area (Å²) in [6.07, 6.45) is -0.0287. The van der Waals surface area contributed by atoms with E-state index in [1.54, 1.807) is 0 Å². The van der Waals surface area contributed by atoms with E-state index >= 15 is 0 Å². The van der Waals surface area contributed by atoms with Crippen molar-refractivity contribution in [1.29, 1.82) is 5.26 Å². The van der Waals surface area contributed by atoms with Crippen LogP contribution in [0.2, 0.25) is 0 Å². The minimum atomic E-state index is -3.20. The lowest BCUT2D eigenvalue weighted by atomic mass is 10.1. The molecule has 0 aliphatic rings. The SMILES string of the molecule is CC(C)OP(=O)(c1ccccc1)C(CC#N)c1ccccc1. The Morgan fingerprint density at radius 3 is 2.09 bits per heavy atom. The van der Waals surface area contributed by atoms with Crippen LogP contribution in [0.5, 0.6) is 0 Å². The van der Waals surface area contributed by atoms with Gasteiger partial charge in [-0.25, -0.2) is 0 Å². The quantitative estimate of drug-likeness (QED) is 0.728. The van der Waals surface area contributed by atoms with Gasteiger partial charge in [-0.1, -0.05) is 48.5 Å². The second-order valence-electron chi connectivity index (χ2n) is 5.38. The van der Waals surface area contributed by atoms with Gasteiger partial charge in [0, 0.05) is 5.30 Å². The molecule has 0 saturated heterocycles. The van der Waals surface area contributed by atoms with Gasteiger partial charge in [-0.05, 0) is 31.5 Å². The van der Waals surface area contributed by atoms with E-state index in [0.717, 1.165) is 5.56 Å². The van der Waals surface area contributed by atoms with E-state index in [1.165, 1.54) is 0 Å². The molecule has 3 nitrogen and oxygen atoms in total. The summed E-state index contributed by atoms with van der Waals surface area (Å²) in [5.41, 5.74) is 0.417. The molecule has 0 saturated carbocycles. The average molecular weight is 313 g/mol. The summed E-state index contributed by atoms with van der Waals surface area (Å²) in [5.74, 6) is 0. The minimum absolute atomic E-state index is 0.156. The van der Waals surface area contributed by atoms with Gasteiger partial charge in [-0.3, -0.25) is 4.57 Å². The van der Waals surface area contributed by atoms with Crippen molar-refractivity contribution < 1.29 is 9.09 Å². The van der Waals surface area contributed by atoms with E-state index in [2.05, 4.69) is 6.07 Å². The van der Waals surface area contributed by atoms with Gasteiger partial charge in [0.25, 0.3) is 0 Å². The zero-order valence-corrected chi connectivity index (χ0v) is 13.7.